The van der Waals surface area contributed by atoms with Crippen LogP contribution >= 0.6 is 15.9 Å². The van der Waals surface area contributed by atoms with Crippen LogP contribution < -0.4 is 0 Å². The maximum absolute atomic E-state index is 9.90. The van der Waals surface area contributed by atoms with Gasteiger partial charge in [0.25, 0.3) is 0 Å². The standard InChI is InChI=1S/C27H30N4O2.C19H21BrN4O/c1-19(32)22-3-2-4-23(15-22)26-17-29-31-18-24(16-28-27(26)31)21-7-5-20(6-8-21)9-12-30-13-10-25(33)11-14-30;20-18-12-22-24-13-16(11-21-19(18)24)15-3-1-14(2-4-15)5-8-23-9-6-17(25)7-10-23/h2-8,15-19,25,32-33H,9-14H2,1H3;1-4,11-13,17,25H,5-10H2/t19-;/m1./s1. The SMILES string of the molecule is C[C@@H](O)c1cccc(-c2cnn3cc(-c4ccc(CCN5CCC(O)CC5)cc4)cnc23)c1.OC1CCN(CCc2ccc(-c3cnc4c(Br)cnn4c3)cc2)CC1. The molecule has 0 unspecified atom stereocenters. The van der Waals surface area contributed by atoms with Gasteiger partial charge < -0.3 is 25.1 Å². The van der Waals surface area contributed by atoms with Gasteiger partial charge in [0.05, 0.1) is 35.2 Å². The highest BCUT2D eigenvalue weighted by atomic mass is 79.9. The quantitative estimate of drug-likeness (QED) is 0.130. The van der Waals surface area contributed by atoms with Gasteiger partial charge in [-0.05, 0) is 101 Å². The average Bonchev–Trinajstić information content (AvgIpc) is 3.86. The Bertz CT molecular complexity index is 2410. The van der Waals surface area contributed by atoms with Crippen molar-refractivity contribution in [3.8, 4) is 33.4 Å². The second-order valence-corrected chi connectivity index (χ2v) is 16.5. The number of piperidine rings is 2. The molecular formula is C46H51BrN8O3. The van der Waals surface area contributed by atoms with Crippen LogP contribution in [0, 0.1) is 0 Å². The first-order chi connectivity index (χ1) is 28.3. The summed E-state index contributed by atoms with van der Waals surface area (Å²) < 4.78 is 4.51. The Kier molecular flexibility index (Phi) is 12.7. The summed E-state index contributed by atoms with van der Waals surface area (Å²) in [6.07, 6.45) is 16.3. The van der Waals surface area contributed by atoms with Crippen LogP contribution in [0.15, 0.2) is 114 Å². The Hall–Kier alpha value is -4.82. The van der Waals surface area contributed by atoms with Crippen molar-refractivity contribution in [1.29, 1.82) is 0 Å². The summed E-state index contributed by atoms with van der Waals surface area (Å²) in [7, 11) is 0. The molecule has 9 rings (SSSR count). The third-order valence-corrected chi connectivity index (χ3v) is 12.0. The van der Waals surface area contributed by atoms with Gasteiger partial charge in [0, 0.05) is 80.7 Å². The van der Waals surface area contributed by atoms with Gasteiger partial charge in [-0.3, -0.25) is 0 Å². The zero-order chi connectivity index (χ0) is 40.0. The Morgan fingerprint density at radius 3 is 1.66 bits per heavy atom. The van der Waals surface area contributed by atoms with E-state index in [2.05, 4.69) is 89.4 Å². The third kappa shape index (κ3) is 9.71. The Morgan fingerprint density at radius 2 is 1.12 bits per heavy atom. The minimum absolute atomic E-state index is 0.100. The van der Waals surface area contributed by atoms with Gasteiger partial charge in [-0.25, -0.2) is 19.0 Å². The average molecular weight is 844 g/mol. The monoisotopic (exact) mass is 842 g/mol. The number of aliphatic hydroxyl groups is 3. The fourth-order valence-corrected chi connectivity index (χ4v) is 8.15. The van der Waals surface area contributed by atoms with E-state index in [0.717, 1.165) is 133 Å². The highest BCUT2D eigenvalue weighted by Crippen LogP contribution is 2.28. The van der Waals surface area contributed by atoms with Crippen molar-refractivity contribution in [3.05, 3.63) is 131 Å². The molecule has 2 fully saturated rings. The van der Waals surface area contributed by atoms with Crippen LogP contribution in [0.3, 0.4) is 0 Å². The number of nitrogens with zero attached hydrogens (tertiary/aromatic N) is 8. The molecule has 300 valence electrons. The van der Waals surface area contributed by atoms with Crippen LogP contribution in [-0.4, -0.2) is 106 Å². The zero-order valence-electron chi connectivity index (χ0n) is 32.9. The van der Waals surface area contributed by atoms with E-state index in [-0.39, 0.29) is 12.2 Å². The molecule has 1 atom stereocenters. The highest BCUT2D eigenvalue weighted by molar-refractivity contribution is 9.10. The van der Waals surface area contributed by atoms with Crippen LogP contribution in [0.1, 0.15) is 55.4 Å². The minimum atomic E-state index is -0.512. The number of aliphatic hydroxyl groups excluding tert-OH is 3. The molecule has 3 aromatic carbocycles. The molecule has 4 aromatic heterocycles. The fraction of sp³-hybridized carbons (Fsp3) is 0.348. The van der Waals surface area contributed by atoms with Gasteiger partial charge in [0.1, 0.15) is 0 Å². The summed E-state index contributed by atoms with van der Waals surface area (Å²) in [4.78, 5) is 14.0. The molecule has 12 heteroatoms. The van der Waals surface area contributed by atoms with Gasteiger partial charge >= 0.3 is 0 Å². The van der Waals surface area contributed by atoms with Crippen molar-refractivity contribution in [1.82, 2.24) is 39.0 Å². The molecule has 2 saturated heterocycles. The van der Waals surface area contributed by atoms with E-state index in [1.807, 2.05) is 59.8 Å². The molecule has 7 aromatic rings. The summed E-state index contributed by atoms with van der Waals surface area (Å²) in [6.45, 7) is 7.84. The van der Waals surface area contributed by atoms with Crippen LogP contribution in [-0.2, 0) is 12.8 Å². The Balaban J connectivity index is 0.000000168. The lowest BCUT2D eigenvalue weighted by Gasteiger charge is -2.29. The number of rotatable bonds is 10. The van der Waals surface area contributed by atoms with Crippen molar-refractivity contribution in [2.24, 2.45) is 0 Å². The normalized spacial score (nSPS) is 16.4. The number of fused-ring (bicyclic) bond motifs is 2. The molecule has 0 spiro atoms. The molecule has 0 radical (unpaired) electrons. The predicted octanol–water partition coefficient (Wildman–Crippen LogP) is 7.27. The maximum atomic E-state index is 9.90. The van der Waals surface area contributed by atoms with E-state index >= 15 is 0 Å². The topological polar surface area (TPSA) is 128 Å². The van der Waals surface area contributed by atoms with E-state index in [1.165, 1.54) is 11.1 Å². The predicted molar refractivity (Wildman–Crippen MR) is 231 cm³/mol. The van der Waals surface area contributed by atoms with Crippen molar-refractivity contribution < 1.29 is 15.3 Å². The van der Waals surface area contributed by atoms with Gasteiger partial charge in [-0.1, -0.05) is 66.7 Å². The smallest absolute Gasteiger partial charge is 0.169 e. The van der Waals surface area contributed by atoms with E-state index < -0.39 is 6.10 Å². The molecule has 0 aliphatic carbocycles. The second kappa shape index (κ2) is 18.4. The third-order valence-electron chi connectivity index (χ3n) is 11.5. The van der Waals surface area contributed by atoms with E-state index in [1.54, 1.807) is 17.6 Å². The highest BCUT2D eigenvalue weighted by Gasteiger charge is 2.18. The van der Waals surface area contributed by atoms with Gasteiger partial charge in [-0.2, -0.15) is 10.2 Å². The van der Waals surface area contributed by atoms with E-state index in [0.29, 0.717) is 0 Å². The van der Waals surface area contributed by atoms with Crippen LogP contribution in [0.5, 0.6) is 0 Å². The van der Waals surface area contributed by atoms with Crippen molar-refractivity contribution >= 4 is 27.2 Å². The molecule has 3 N–H and O–H groups in total. The van der Waals surface area contributed by atoms with Crippen molar-refractivity contribution in [2.45, 2.75) is 63.8 Å². The van der Waals surface area contributed by atoms with Crippen LogP contribution in [0.2, 0.25) is 0 Å². The lowest BCUT2D eigenvalue weighted by Crippen LogP contribution is -2.37. The Labute approximate surface area is 347 Å². The van der Waals surface area contributed by atoms with Crippen molar-refractivity contribution in [3.63, 3.8) is 0 Å². The van der Waals surface area contributed by atoms with Crippen molar-refractivity contribution in [2.75, 3.05) is 39.3 Å². The molecular weight excluding hydrogens is 792 g/mol. The summed E-state index contributed by atoms with van der Waals surface area (Å²) in [5.41, 5.74) is 11.4. The summed E-state index contributed by atoms with van der Waals surface area (Å²) in [5.74, 6) is 0. The van der Waals surface area contributed by atoms with E-state index in [4.69, 9.17) is 4.98 Å². The number of benzene rings is 3. The fourth-order valence-electron chi connectivity index (χ4n) is 7.78. The van der Waals surface area contributed by atoms with Gasteiger partial charge in [0.2, 0.25) is 0 Å². The Morgan fingerprint density at radius 1 is 0.621 bits per heavy atom. The molecule has 0 amide bonds. The first kappa shape index (κ1) is 40.0. The molecule has 2 aliphatic heterocycles. The second-order valence-electron chi connectivity index (χ2n) is 15.6. The van der Waals surface area contributed by atoms with E-state index in [9.17, 15) is 15.3 Å². The summed E-state index contributed by atoms with van der Waals surface area (Å²) >= 11 is 3.45. The van der Waals surface area contributed by atoms with Gasteiger partial charge in [-0.15, -0.1) is 0 Å². The summed E-state index contributed by atoms with van der Waals surface area (Å²) in [5, 5.41) is 38.0. The lowest BCUT2D eigenvalue weighted by atomic mass is 10.0. The summed E-state index contributed by atoms with van der Waals surface area (Å²) in [6, 6.07) is 25.2. The first-order valence-corrected chi connectivity index (χ1v) is 21.1. The number of aromatic nitrogens is 6. The van der Waals surface area contributed by atoms with Gasteiger partial charge in [0.15, 0.2) is 11.3 Å². The number of hydrogen-bond donors (Lipinski definition) is 3. The first-order valence-electron chi connectivity index (χ1n) is 20.4. The maximum Gasteiger partial charge on any atom is 0.169 e. The zero-order valence-corrected chi connectivity index (χ0v) is 34.5. The molecule has 6 heterocycles. The van der Waals surface area contributed by atoms with Crippen LogP contribution in [0.25, 0.3) is 44.7 Å². The largest absolute Gasteiger partial charge is 0.393 e. The lowest BCUT2D eigenvalue weighted by molar-refractivity contribution is 0.0829. The van der Waals surface area contributed by atoms with Crippen LogP contribution in [0.4, 0.5) is 0 Å². The number of halogens is 1. The number of likely N-dealkylation sites (tertiary alicyclic amines) is 2. The molecule has 11 nitrogen and oxygen atoms in total. The molecule has 0 bridgehead atoms. The molecule has 0 saturated carbocycles. The molecule has 2 aliphatic rings. The molecule has 58 heavy (non-hydrogen) atoms. The minimum Gasteiger partial charge on any atom is -0.393 e. The number of hydrogen-bond acceptors (Lipinski definition) is 9.